The molecule has 1 aromatic heterocycles. The van der Waals surface area contributed by atoms with E-state index in [1.54, 1.807) is 0 Å². The molecule has 0 spiro atoms. The molecule has 0 fully saturated rings. The van der Waals surface area contributed by atoms with Crippen molar-refractivity contribution in [2.75, 3.05) is 6.54 Å². The third-order valence-corrected chi connectivity index (χ3v) is 4.36. The number of hydrogen-bond donors (Lipinski definition) is 1. The first kappa shape index (κ1) is 13.3. The SMILES string of the molecule is CCNC(Cc1ccc(C)cc1)c1sccc1C. The second-order valence-corrected chi connectivity index (χ2v) is 5.72. The summed E-state index contributed by atoms with van der Waals surface area (Å²) in [5.74, 6) is 0. The van der Waals surface area contributed by atoms with Crippen LogP contribution in [0.15, 0.2) is 35.7 Å². The van der Waals surface area contributed by atoms with Gasteiger partial charge in [0.15, 0.2) is 0 Å². The van der Waals surface area contributed by atoms with Crippen molar-refractivity contribution in [2.45, 2.75) is 33.2 Å². The van der Waals surface area contributed by atoms with Crippen LogP contribution < -0.4 is 5.32 Å². The maximum atomic E-state index is 3.60. The molecule has 0 saturated heterocycles. The minimum atomic E-state index is 0.442. The molecule has 96 valence electrons. The van der Waals surface area contributed by atoms with E-state index in [0.29, 0.717) is 6.04 Å². The Morgan fingerprint density at radius 1 is 1.11 bits per heavy atom. The molecule has 2 aromatic rings. The number of aryl methyl sites for hydroxylation is 2. The molecule has 0 saturated carbocycles. The fourth-order valence-electron chi connectivity index (χ4n) is 2.21. The van der Waals surface area contributed by atoms with Crippen LogP contribution in [0.2, 0.25) is 0 Å². The predicted molar refractivity (Wildman–Crippen MR) is 80.4 cm³/mol. The van der Waals surface area contributed by atoms with Crippen LogP contribution in [-0.2, 0) is 6.42 Å². The zero-order valence-corrected chi connectivity index (χ0v) is 12.2. The molecular weight excluding hydrogens is 238 g/mol. The standard InChI is InChI=1S/C16H21NS/c1-4-17-15(16-13(3)9-10-18-16)11-14-7-5-12(2)6-8-14/h5-10,15,17H,4,11H2,1-3H3. The van der Waals surface area contributed by atoms with Gasteiger partial charge in [-0.15, -0.1) is 11.3 Å². The molecule has 1 N–H and O–H groups in total. The highest BCUT2D eigenvalue weighted by Crippen LogP contribution is 2.26. The van der Waals surface area contributed by atoms with E-state index >= 15 is 0 Å². The van der Waals surface area contributed by atoms with Gasteiger partial charge in [-0.1, -0.05) is 36.8 Å². The monoisotopic (exact) mass is 259 g/mol. The summed E-state index contributed by atoms with van der Waals surface area (Å²) in [6.07, 6.45) is 1.06. The van der Waals surface area contributed by atoms with Crippen LogP contribution in [0.5, 0.6) is 0 Å². The van der Waals surface area contributed by atoms with Gasteiger partial charge < -0.3 is 5.32 Å². The van der Waals surface area contributed by atoms with Crippen LogP contribution in [-0.4, -0.2) is 6.54 Å². The molecule has 0 aliphatic heterocycles. The summed E-state index contributed by atoms with van der Waals surface area (Å²) in [4.78, 5) is 1.47. The number of nitrogens with one attached hydrogen (secondary N) is 1. The first-order valence-corrected chi connectivity index (χ1v) is 7.41. The lowest BCUT2D eigenvalue weighted by Gasteiger charge is -2.18. The fourth-order valence-corrected chi connectivity index (χ4v) is 3.21. The Balaban J connectivity index is 2.16. The summed E-state index contributed by atoms with van der Waals surface area (Å²) in [7, 11) is 0. The van der Waals surface area contributed by atoms with E-state index in [9.17, 15) is 0 Å². The van der Waals surface area contributed by atoms with Crippen LogP contribution in [0.3, 0.4) is 0 Å². The summed E-state index contributed by atoms with van der Waals surface area (Å²) >= 11 is 1.86. The minimum Gasteiger partial charge on any atom is -0.309 e. The Labute approximate surface area is 114 Å². The lowest BCUT2D eigenvalue weighted by molar-refractivity contribution is 0.556. The Morgan fingerprint density at radius 3 is 2.39 bits per heavy atom. The number of hydrogen-bond acceptors (Lipinski definition) is 2. The van der Waals surface area contributed by atoms with Crippen molar-refractivity contribution in [3.8, 4) is 0 Å². The lowest BCUT2D eigenvalue weighted by atomic mass is 10.0. The highest BCUT2D eigenvalue weighted by Gasteiger charge is 2.14. The predicted octanol–water partition coefficient (Wildman–Crippen LogP) is 4.26. The molecule has 1 aromatic carbocycles. The Morgan fingerprint density at radius 2 is 1.83 bits per heavy atom. The van der Waals surface area contributed by atoms with Gasteiger partial charge in [-0.05, 0) is 49.4 Å². The number of thiophene rings is 1. The highest BCUT2D eigenvalue weighted by molar-refractivity contribution is 7.10. The van der Waals surface area contributed by atoms with E-state index in [0.717, 1.165) is 13.0 Å². The van der Waals surface area contributed by atoms with Crippen molar-refractivity contribution in [2.24, 2.45) is 0 Å². The summed E-state index contributed by atoms with van der Waals surface area (Å²) in [6, 6.07) is 11.5. The van der Waals surface area contributed by atoms with Gasteiger partial charge in [0.25, 0.3) is 0 Å². The quantitative estimate of drug-likeness (QED) is 0.846. The van der Waals surface area contributed by atoms with Gasteiger partial charge >= 0.3 is 0 Å². The molecule has 18 heavy (non-hydrogen) atoms. The van der Waals surface area contributed by atoms with E-state index in [-0.39, 0.29) is 0 Å². The zero-order chi connectivity index (χ0) is 13.0. The summed E-state index contributed by atoms with van der Waals surface area (Å²) in [6.45, 7) is 7.51. The molecule has 0 radical (unpaired) electrons. The van der Waals surface area contributed by atoms with E-state index in [4.69, 9.17) is 0 Å². The van der Waals surface area contributed by atoms with E-state index in [2.05, 4.69) is 61.8 Å². The molecule has 2 rings (SSSR count). The van der Waals surface area contributed by atoms with Gasteiger partial charge in [0.05, 0.1) is 0 Å². The fraction of sp³-hybridized carbons (Fsp3) is 0.375. The average molecular weight is 259 g/mol. The topological polar surface area (TPSA) is 12.0 Å². The molecule has 1 unspecified atom stereocenters. The van der Waals surface area contributed by atoms with Gasteiger partial charge in [-0.2, -0.15) is 0 Å². The molecular formula is C16H21NS. The van der Waals surface area contributed by atoms with Gasteiger partial charge in [-0.25, -0.2) is 0 Å². The summed E-state index contributed by atoms with van der Waals surface area (Å²) < 4.78 is 0. The number of rotatable bonds is 5. The van der Waals surface area contributed by atoms with Crippen molar-refractivity contribution < 1.29 is 0 Å². The number of likely N-dealkylation sites (N-methyl/N-ethyl adjacent to an activating group) is 1. The smallest absolute Gasteiger partial charge is 0.0458 e. The molecule has 1 atom stereocenters. The molecule has 2 heteroatoms. The average Bonchev–Trinajstić information content (AvgIpc) is 2.78. The molecule has 0 amide bonds. The van der Waals surface area contributed by atoms with Gasteiger partial charge in [0.1, 0.15) is 0 Å². The molecule has 0 aliphatic carbocycles. The van der Waals surface area contributed by atoms with E-state index < -0.39 is 0 Å². The summed E-state index contributed by atoms with van der Waals surface area (Å²) in [5.41, 5.74) is 4.13. The van der Waals surface area contributed by atoms with Crippen LogP contribution in [0.25, 0.3) is 0 Å². The molecule has 0 bridgehead atoms. The van der Waals surface area contributed by atoms with Gasteiger partial charge in [0, 0.05) is 10.9 Å². The van der Waals surface area contributed by atoms with Gasteiger partial charge in [-0.3, -0.25) is 0 Å². The molecule has 1 nitrogen and oxygen atoms in total. The second kappa shape index (κ2) is 6.17. The third-order valence-electron chi connectivity index (χ3n) is 3.23. The minimum absolute atomic E-state index is 0.442. The largest absolute Gasteiger partial charge is 0.309 e. The maximum absolute atomic E-state index is 3.60. The number of benzene rings is 1. The van der Waals surface area contributed by atoms with Gasteiger partial charge in [0.2, 0.25) is 0 Å². The highest BCUT2D eigenvalue weighted by atomic mass is 32.1. The van der Waals surface area contributed by atoms with E-state index in [1.807, 2.05) is 11.3 Å². The van der Waals surface area contributed by atoms with Crippen molar-refractivity contribution in [1.82, 2.24) is 5.32 Å². The van der Waals surface area contributed by atoms with Crippen molar-refractivity contribution in [3.05, 3.63) is 57.3 Å². The van der Waals surface area contributed by atoms with Crippen LogP contribution >= 0.6 is 11.3 Å². The Kier molecular flexibility index (Phi) is 4.56. The van der Waals surface area contributed by atoms with Crippen LogP contribution in [0.4, 0.5) is 0 Å². The van der Waals surface area contributed by atoms with Crippen LogP contribution in [0.1, 0.15) is 34.5 Å². The summed E-state index contributed by atoms with van der Waals surface area (Å²) in [5, 5.41) is 5.78. The first-order valence-electron chi connectivity index (χ1n) is 6.53. The second-order valence-electron chi connectivity index (χ2n) is 4.77. The Bertz CT molecular complexity index is 484. The molecule has 0 aliphatic rings. The normalized spacial score (nSPS) is 12.6. The third kappa shape index (κ3) is 3.21. The maximum Gasteiger partial charge on any atom is 0.0458 e. The Hall–Kier alpha value is -1.12. The lowest BCUT2D eigenvalue weighted by Crippen LogP contribution is -2.22. The van der Waals surface area contributed by atoms with Crippen molar-refractivity contribution >= 4 is 11.3 Å². The first-order chi connectivity index (χ1) is 8.70. The van der Waals surface area contributed by atoms with E-state index in [1.165, 1.54) is 21.6 Å². The molecule has 1 heterocycles. The van der Waals surface area contributed by atoms with Crippen molar-refractivity contribution in [3.63, 3.8) is 0 Å². The van der Waals surface area contributed by atoms with Crippen LogP contribution in [0, 0.1) is 13.8 Å². The zero-order valence-electron chi connectivity index (χ0n) is 11.4. The van der Waals surface area contributed by atoms with Crippen molar-refractivity contribution in [1.29, 1.82) is 0 Å².